The van der Waals surface area contributed by atoms with E-state index >= 15 is 0 Å². The molecule has 3 amide bonds. The molecule has 136 valence electrons. The van der Waals surface area contributed by atoms with E-state index in [9.17, 15) is 18.4 Å². The zero-order chi connectivity index (χ0) is 19.2. The first-order chi connectivity index (χ1) is 13.0. The zero-order valence-electron chi connectivity index (χ0n) is 14.0. The van der Waals surface area contributed by atoms with Crippen molar-refractivity contribution in [3.05, 3.63) is 90.0 Å². The van der Waals surface area contributed by atoms with Crippen molar-refractivity contribution < 1.29 is 18.4 Å². The molecule has 3 aromatic carbocycles. The van der Waals surface area contributed by atoms with Crippen LogP contribution in [0.25, 0.3) is 0 Å². The van der Waals surface area contributed by atoms with Gasteiger partial charge in [-0.3, -0.25) is 4.79 Å². The molecule has 0 saturated carbocycles. The number of hydrogen-bond donors (Lipinski definition) is 3. The van der Waals surface area contributed by atoms with Crippen LogP contribution < -0.4 is 16.0 Å². The molecule has 0 aliphatic rings. The van der Waals surface area contributed by atoms with Crippen molar-refractivity contribution >= 4 is 29.0 Å². The first-order valence-electron chi connectivity index (χ1n) is 8.00. The van der Waals surface area contributed by atoms with Crippen LogP contribution in [0.4, 0.5) is 30.6 Å². The standard InChI is InChI=1S/C20H15F2N3O2/c21-14-10-13(11-15(22)12-14)19(26)23-17-6-8-18(9-7-17)25-20(27)24-16-4-2-1-3-5-16/h1-12H,(H,23,26)(H2,24,25,27). The van der Waals surface area contributed by atoms with Crippen LogP contribution in [0.1, 0.15) is 10.4 Å². The second-order valence-corrected chi connectivity index (χ2v) is 5.63. The zero-order valence-corrected chi connectivity index (χ0v) is 14.0. The van der Waals surface area contributed by atoms with Gasteiger partial charge in [0.2, 0.25) is 0 Å². The Labute approximate surface area is 154 Å². The van der Waals surface area contributed by atoms with Gasteiger partial charge in [0, 0.05) is 28.7 Å². The number of urea groups is 1. The lowest BCUT2D eigenvalue weighted by Gasteiger charge is -2.09. The average molecular weight is 367 g/mol. The maximum atomic E-state index is 13.2. The molecule has 0 atom stereocenters. The van der Waals surface area contributed by atoms with Crippen LogP contribution in [-0.4, -0.2) is 11.9 Å². The van der Waals surface area contributed by atoms with Gasteiger partial charge >= 0.3 is 6.03 Å². The third kappa shape index (κ3) is 5.12. The molecule has 27 heavy (non-hydrogen) atoms. The number of carbonyl (C=O) groups is 2. The lowest BCUT2D eigenvalue weighted by Crippen LogP contribution is -2.19. The van der Waals surface area contributed by atoms with E-state index in [0.717, 1.165) is 12.1 Å². The Morgan fingerprint density at radius 1 is 0.630 bits per heavy atom. The summed E-state index contributed by atoms with van der Waals surface area (Å²) >= 11 is 0. The van der Waals surface area contributed by atoms with Gasteiger partial charge in [-0.15, -0.1) is 0 Å². The summed E-state index contributed by atoms with van der Waals surface area (Å²) in [6.45, 7) is 0. The molecular formula is C20H15F2N3O2. The molecule has 3 rings (SSSR count). The SMILES string of the molecule is O=C(Nc1ccccc1)Nc1ccc(NC(=O)c2cc(F)cc(F)c2)cc1. The fourth-order valence-electron chi connectivity index (χ4n) is 2.34. The molecule has 0 heterocycles. The van der Waals surface area contributed by atoms with Gasteiger partial charge in [-0.2, -0.15) is 0 Å². The molecule has 0 aliphatic carbocycles. The molecule has 0 aromatic heterocycles. The summed E-state index contributed by atoms with van der Waals surface area (Å²) in [6, 6.07) is 17.4. The summed E-state index contributed by atoms with van der Waals surface area (Å²) in [6.07, 6.45) is 0. The average Bonchev–Trinajstić information content (AvgIpc) is 2.63. The first kappa shape index (κ1) is 18.1. The van der Waals surface area contributed by atoms with Gasteiger partial charge in [0.15, 0.2) is 0 Å². The number of para-hydroxylation sites is 1. The fraction of sp³-hybridized carbons (Fsp3) is 0. The van der Waals surface area contributed by atoms with Crippen LogP contribution >= 0.6 is 0 Å². The van der Waals surface area contributed by atoms with Gasteiger partial charge < -0.3 is 16.0 Å². The summed E-state index contributed by atoms with van der Waals surface area (Å²) in [5.74, 6) is -2.30. The van der Waals surface area contributed by atoms with Crippen molar-refractivity contribution in [1.82, 2.24) is 0 Å². The van der Waals surface area contributed by atoms with Crippen LogP contribution in [-0.2, 0) is 0 Å². The predicted octanol–water partition coefficient (Wildman–Crippen LogP) is 4.86. The van der Waals surface area contributed by atoms with E-state index in [1.807, 2.05) is 6.07 Å². The summed E-state index contributed by atoms with van der Waals surface area (Å²) in [5.41, 5.74) is 1.45. The summed E-state index contributed by atoms with van der Waals surface area (Å²) < 4.78 is 26.4. The Balaban J connectivity index is 1.60. The van der Waals surface area contributed by atoms with Gasteiger partial charge in [0.25, 0.3) is 5.91 Å². The molecule has 5 nitrogen and oxygen atoms in total. The number of benzene rings is 3. The van der Waals surface area contributed by atoms with Crippen molar-refractivity contribution in [1.29, 1.82) is 0 Å². The number of rotatable bonds is 4. The molecule has 0 unspecified atom stereocenters. The Bertz CT molecular complexity index is 940. The Morgan fingerprint density at radius 3 is 1.67 bits per heavy atom. The Kier molecular flexibility index (Phi) is 5.41. The molecule has 0 fully saturated rings. The molecular weight excluding hydrogens is 352 g/mol. The highest BCUT2D eigenvalue weighted by atomic mass is 19.1. The van der Waals surface area contributed by atoms with Crippen LogP contribution in [0.2, 0.25) is 0 Å². The maximum Gasteiger partial charge on any atom is 0.323 e. The fourth-order valence-corrected chi connectivity index (χ4v) is 2.34. The van der Waals surface area contributed by atoms with Gasteiger partial charge in [-0.25, -0.2) is 13.6 Å². The van der Waals surface area contributed by atoms with E-state index in [-0.39, 0.29) is 5.56 Å². The van der Waals surface area contributed by atoms with E-state index in [1.165, 1.54) is 0 Å². The van der Waals surface area contributed by atoms with Crippen molar-refractivity contribution in [2.45, 2.75) is 0 Å². The second kappa shape index (κ2) is 8.09. The molecule has 3 N–H and O–H groups in total. The third-order valence-electron chi connectivity index (χ3n) is 3.56. The second-order valence-electron chi connectivity index (χ2n) is 5.63. The van der Waals surface area contributed by atoms with E-state index in [4.69, 9.17) is 0 Å². The molecule has 0 bridgehead atoms. The molecule has 0 radical (unpaired) electrons. The van der Waals surface area contributed by atoms with Crippen LogP contribution in [0.5, 0.6) is 0 Å². The molecule has 7 heteroatoms. The van der Waals surface area contributed by atoms with Gasteiger partial charge in [0.1, 0.15) is 11.6 Å². The molecule has 0 aliphatic heterocycles. The highest BCUT2D eigenvalue weighted by Gasteiger charge is 2.10. The van der Waals surface area contributed by atoms with Gasteiger partial charge in [-0.1, -0.05) is 18.2 Å². The minimum atomic E-state index is -0.830. The van der Waals surface area contributed by atoms with Crippen LogP contribution in [0, 0.1) is 11.6 Å². The normalized spacial score (nSPS) is 10.1. The Morgan fingerprint density at radius 2 is 1.11 bits per heavy atom. The smallest absolute Gasteiger partial charge is 0.322 e. The predicted molar refractivity (Wildman–Crippen MR) is 99.8 cm³/mol. The number of anilines is 3. The maximum absolute atomic E-state index is 13.2. The Hall–Kier alpha value is -3.74. The summed E-state index contributed by atoms with van der Waals surface area (Å²) in [7, 11) is 0. The van der Waals surface area contributed by atoms with Gasteiger partial charge in [-0.05, 0) is 48.5 Å². The topological polar surface area (TPSA) is 70.2 Å². The number of nitrogens with one attached hydrogen (secondary N) is 3. The minimum Gasteiger partial charge on any atom is -0.322 e. The minimum absolute atomic E-state index is 0.128. The number of hydrogen-bond acceptors (Lipinski definition) is 2. The van der Waals surface area contributed by atoms with E-state index in [0.29, 0.717) is 23.1 Å². The van der Waals surface area contributed by atoms with Crippen molar-refractivity contribution in [3.8, 4) is 0 Å². The highest BCUT2D eigenvalue weighted by molar-refractivity contribution is 6.04. The van der Waals surface area contributed by atoms with Crippen LogP contribution in [0.15, 0.2) is 72.8 Å². The van der Waals surface area contributed by atoms with E-state index < -0.39 is 23.6 Å². The largest absolute Gasteiger partial charge is 0.323 e. The summed E-state index contributed by atoms with van der Waals surface area (Å²) in [5, 5.41) is 7.87. The lowest BCUT2D eigenvalue weighted by molar-refractivity contribution is 0.102. The van der Waals surface area contributed by atoms with Gasteiger partial charge in [0.05, 0.1) is 0 Å². The summed E-state index contributed by atoms with van der Waals surface area (Å²) in [4.78, 5) is 24.0. The van der Waals surface area contributed by atoms with Crippen molar-refractivity contribution in [2.75, 3.05) is 16.0 Å². The number of carbonyl (C=O) groups excluding carboxylic acids is 2. The molecule has 0 spiro atoms. The van der Waals surface area contributed by atoms with Crippen molar-refractivity contribution in [2.24, 2.45) is 0 Å². The highest BCUT2D eigenvalue weighted by Crippen LogP contribution is 2.16. The molecule has 0 saturated heterocycles. The van der Waals surface area contributed by atoms with Crippen molar-refractivity contribution in [3.63, 3.8) is 0 Å². The monoisotopic (exact) mass is 367 g/mol. The number of halogens is 2. The van der Waals surface area contributed by atoms with E-state index in [2.05, 4.69) is 16.0 Å². The van der Waals surface area contributed by atoms with E-state index in [1.54, 1.807) is 48.5 Å². The van der Waals surface area contributed by atoms with Crippen LogP contribution in [0.3, 0.4) is 0 Å². The molecule has 3 aromatic rings. The quantitative estimate of drug-likeness (QED) is 0.616. The lowest BCUT2D eigenvalue weighted by atomic mass is 10.2. The number of amides is 3. The third-order valence-corrected chi connectivity index (χ3v) is 3.56. The first-order valence-corrected chi connectivity index (χ1v) is 8.00.